The van der Waals surface area contributed by atoms with Crippen LogP contribution in [0.1, 0.15) is 27.2 Å². The third kappa shape index (κ3) is 3.70. The summed E-state index contributed by atoms with van der Waals surface area (Å²) in [5, 5.41) is 31.1. The number of rotatable bonds is 6. The molecule has 0 bridgehead atoms. The monoisotopic (exact) mass is 444 g/mol. The van der Waals surface area contributed by atoms with Crippen LogP contribution in [-0.4, -0.2) is 28.0 Å². The Kier molecular flexibility index (Phi) is 5.67. The van der Waals surface area contributed by atoms with Crippen molar-refractivity contribution >= 4 is 28.8 Å². The quantitative estimate of drug-likeness (QED) is 0.405. The molecule has 0 saturated heterocycles. The SMILES string of the molecule is COc1ccc(Nc2c(-c3cscc3C#N)c(C)nn2-c2ccccc2C)c(C(=O)O)c1. The van der Waals surface area contributed by atoms with E-state index in [1.54, 1.807) is 22.2 Å². The Bertz CT molecular complexity index is 1360. The van der Waals surface area contributed by atoms with Gasteiger partial charge in [-0.1, -0.05) is 18.2 Å². The zero-order valence-corrected chi connectivity index (χ0v) is 18.5. The van der Waals surface area contributed by atoms with E-state index in [1.165, 1.54) is 24.5 Å². The average Bonchev–Trinajstić information content (AvgIpc) is 3.37. The lowest BCUT2D eigenvalue weighted by Gasteiger charge is -2.16. The van der Waals surface area contributed by atoms with Crippen molar-refractivity contribution in [3.8, 4) is 28.6 Å². The summed E-state index contributed by atoms with van der Waals surface area (Å²) in [5.74, 6) is -0.0550. The zero-order valence-electron chi connectivity index (χ0n) is 17.7. The lowest BCUT2D eigenvalue weighted by molar-refractivity contribution is 0.0697. The van der Waals surface area contributed by atoms with Gasteiger partial charge in [-0.15, -0.1) is 0 Å². The second-order valence-corrected chi connectivity index (χ2v) is 7.90. The van der Waals surface area contributed by atoms with Crippen LogP contribution >= 0.6 is 11.3 Å². The van der Waals surface area contributed by atoms with E-state index in [0.29, 0.717) is 22.8 Å². The number of nitrogens with zero attached hydrogens (tertiary/aromatic N) is 3. The summed E-state index contributed by atoms with van der Waals surface area (Å²) in [7, 11) is 1.49. The van der Waals surface area contributed by atoms with Gasteiger partial charge in [-0.3, -0.25) is 0 Å². The molecule has 2 heterocycles. The number of thiophene rings is 1. The van der Waals surface area contributed by atoms with Gasteiger partial charge in [-0.2, -0.15) is 21.7 Å². The first-order chi connectivity index (χ1) is 15.4. The number of methoxy groups -OCH3 is 1. The molecule has 0 amide bonds. The lowest BCUT2D eigenvalue weighted by atomic mass is 10.0. The summed E-state index contributed by atoms with van der Waals surface area (Å²) in [6.45, 7) is 3.86. The molecule has 0 unspecified atom stereocenters. The maximum Gasteiger partial charge on any atom is 0.337 e. The molecule has 0 spiro atoms. The first-order valence-electron chi connectivity index (χ1n) is 9.75. The average molecular weight is 445 g/mol. The Morgan fingerprint density at radius 1 is 1.22 bits per heavy atom. The summed E-state index contributed by atoms with van der Waals surface area (Å²) in [5.41, 5.74) is 5.07. The number of hydrogen-bond donors (Lipinski definition) is 2. The predicted molar refractivity (Wildman–Crippen MR) is 124 cm³/mol. The number of nitriles is 1. The first kappa shape index (κ1) is 21.2. The van der Waals surface area contributed by atoms with Crippen molar-refractivity contribution in [2.24, 2.45) is 0 Å². The molecule has 0 saturated carbocycles. The third-order valence-electron chi connectivity index (χ3n) is 5.17. The molecule has 32 heavy (non-hydrogen) atoms. The van der Waals surface area contributed by atoms with Crippen LogP contribution in [0.2, 0.25) is 0 Å². The van der Waals surface area contributed by atoms with Gasteiger partial charge in [0.1, 0.15) is 17.6 Å². The highest BCUT2D eigenvalue weighted by molar-refractivity contribution is 7.08. The molecular formula is C24H20N4O3S. The number of nitrogens with one attached hydrogen (secondary N) is 1. The number of carboxylic acids is 1. The fourth-order valence-corrected chi connectivity index (χ4v) is 4.35. The molecule has 4 aromatic rings. The van der Waals surface area contributed by atoms with E-state index in [1.807, 2.05) is 43.5 Å². The van der Waals surface area contributed by atoms with Crippen LogP contribution in [0.5, 0.6) is 5.75 Å². The van der Waals surface area contributed by atoms with Gasteiger partial charge < -0.3 is 15.2 Å². The lowest BCUT2D eigenvalue weighted by Crippen LogP contribution is -2.08. The van der Waals surface area contributed by atoms with Crippen LogP contribution in [0.4, 0.5) is 11.5 Å². The van der Waals surface area contributed by atoms with E-state index in [0.717, 1.165) is 28.1 Å². The van der Waals surface area contributed by atoms with Gasteiger partial charge in [0.05, 0.1) is 35.3 Å². The molecular weight excluding hydrogens is 424 g/mol. The summed E-state index contributed by atoms with van der Waals surface area (Å²) >= 11 is 1.43. The van der Waals surface area contributed by atoms with Crippen LogP contribution in [0, 0.1) is 25.2 Å². The van der Waals surface area contributed by atoms with Crippen LogP contribution in [-0.2, 0) is 0 Å². The Balaban J connectivity index is 1.97. The van der Waals surface area contributed by atoms with E-state index in [-0.39, 0.29) is 5.56 Å². The number of carboxylic acid groups (broad SMARTS) is 1. The van der Waals surface area contributed by atoms with Gasteiger partial charge in [0.2, 0.25) is 0 Å². The van der Waals surface area contributed by atoms with Crippen LogP contribution in [0.25, 0.3) is 16.8 Å². The number of carbonyl (C=O) groups is 1. The molecule has 4 rings (SSSR count). The summed E-state index contributed by atoms with van der Waals surface area (Å²) in [6.07, 6.45) is 0. The first-order valence-corrected chi connectivity index (χ1v) is 10.7. The molecule has 0 aliphatic carbocycles. The Labute approximate surface area is 189 Å². The van der Waals surface area contributed by atoms with Crippen molar-refractivity contribution in [1.29, 1.82) is 5.26 Å². The van der Waals surface area contributed by atoms with Gasteiger partial charge in [-0.25, -0.2) is 9.48 Å². The van der Waals surface area contributed by atoms with Gasteiger partial charge in [-0.05, 0) is 43.7 Å². The minimum Gasteiger partial charge on any atom is -0.497 e. The van der Waals surface area contributed by atoms with Crippen LogP contribution < -0.4 is 10.1 Å². The Morgan fingerprint density at radius 3 is 2.69 bits per heavy atom. The van der Waals surface area contributed by atoms with Crippen molar-refractivity contribution in [3.63, 3.8) is 0 Å². The molecule has 0 fully saturated rings. The van der Waals surface area contributed by atoms with E-state index in [2.05, 4.69) is 11.4 Å². The van der Waals surface area contributed by atoms with Crippen molar-refractivity contribution in [2.45, 2.75) is 13.8 Å². The van der Waals surface area contributed by atoms with Crippen molar-refractivity contribution in [2.75, 3.05) is 12.4 Å². The molecule has 2 aromatic carbocycles. The molecule has 0 aliphatic rings. The maximum absolute atomic E-state index is 11.9. The van der Waals surface area contributed by atoms with E-state index >= 15 is 0 Å². The summed E-state index contributed by atoms with van der Waals surface area (Å²) in [6, 6.07) is 14.9. The normalized spacial score (nSPS) is 10.6. The minimum absolute atomic E-state index is 0.0660. The number of para-hydroxylation sites is 1. The van der Waals surface area contributed by atoms with Crippen molar-refractivity contribution in [3.05, 3.63) is 75.6 Å². The molecule has 0 atom stereocenters. The standard InChI is InChI=1S/C24H20N4O3S/c1-14-6-4-5-7-21(14)28-23(22(15(2)27-28)19-13-32-12-16(19)11-25)26-20-9-8-17(31-3)10-18(20)24(29)30/h4-10,12-13,26H,1-3H3,(H,29,30). The van der Waals surface area contributed by atoms with Gasteiger partial charge in [0, 0.05) is 21.9 Å². The minimum atomic E-state index is -1.08. The number of aryl methyl sites for hydroxylation is 2. The van der Waals surface area contributed by atoms with E-state index in [4.69, 9.17) is 9.84 Å². The second-order valence-electron chi connectivity index (χ2n) is 7.16. The van der Waals surface area contributed by atoms with E-state index < -0.39 is 5.97 Å². The molecule has 7 nitrogen and oxygen atoms in total. The highest BCUT2D eigenvalue weighted by Gasteiger charge is 2.23. The smallest absolute Gasteiger partial charge is 0.337 e. The molecule has 2 aromatic heterocycles. The number of anilines is 2. The zero-order chi connectivity index (χ0) is 22.8. The van der Waals surface area contributed by atoms with E-state index in [9.17, 15) is 15.2 Å². The van der Waals surface area contributed by atoms with Gasteiger partial charge in [0.25, 0.3) is 0 Å². The summed E-state index contributed by atoms with van der Waals surface area (Å²) < 4.78 is 6.95. The third-order valence-corrected chi connectivity index (χ3v) is 5.91. The fraction of sp³-hybridized carbons (Fsp3) is 0.125. The molecule has 8 heteroatoms. The number of ether oxygens (including phenoxy) is 1. The second kappa shape index (κ2) is 8.57. The molecule has 0 aliphatic heterocycles. The summed E-state index contributed by atoms with van der Waals surface area (Å²) in [4.78, 5) is 11.9. The van der Waals surface area contributed by atoms with Crippen molar-refractivity contribution < 1.29 is 14.6 Å². The predicted octanol–water partition coefficient (Wildman–Crippen LogP) is 5.54. The highest BCUT2D eigenvalue weighted by Crippen LogP contribution is 2.39. The number of hydrogen-bond acceptors (Lipinski definition) is 6. The van der Waals surface area contributed by atoms with Crippen molar-refractivity contribution in [1.82, 2.24) is 9.78 Å². The number of aromatic carboxylic acids is 1. The Hall–Kier alpha value is -4.09. The van der Waals surface area contributed by atoms with Gasteiger partial charge >= 0.3 is 5.97 Å². The molecule has 160 valence electrons. The topological polar surface area (TPSA) is 100 Å². The van der Waals surface area contributed by atoms with Crippen LogP contribution in [0.15, 0.2) is 53.2 Å². The Morgan fingerprint density at radius 2 is 2.00 bits per heavy atom. The molecule has 2 N–H and O–H groups in total. The number of aromatic nitrogens is 2. The van der Waals surface area contributed by atoms with Crippen LogP contribution in [0.3, 0.4) is 0 Å². The number of benzene rings is 2. The largest absolute Gasteiger partial charge is 0.497 e. The fourth-order valence-electron chi connectivity index (χ4n) is 3.58. The van der Waals surface area contributed by atoms with Gasteiger partial charge in [0.15, 0.2) is 0 Å². The maximum atomic E-state index is 11.9. The molecule has 0 radical (unpaired) electrons. The highest BCUT2D eigenvalue weighted by atomic mass is 32.1.